The Labute approximate surface area is 129 Å². The predicted octanol–water partition coefficient (Wildman–Crippen LogP) is 2.43. The predicted molar refractivity (Wildman–Crippen MR) is 85.2 cm³/mol. The molecule has 1 aliphatic heterocycles. The molecule has 0 spiro atoms. The number of hydrogen-bond donors (Lipinski definition) is 1. The minimum absolute atomic E-state index is 0.00604. The molecule has 1 saturated heterocycles. The molecule has 4 nitrogen and oxygen atoms in total. The molecule has 0 aromatic carbocycles. The molecule has 0 radical (unpaired) electrons. The van der Waals surface area contributed by atoms with Gasteiger partial charge in [0.05, 0.1) is 6.61 Å². The summed E-state index contributed by atoms with van der Waals surface area (Å²) in [4.78, 5) is 15.3. The second-order valence-electron chi connectivity index (χ2n) is 7.70. The molecule has 2 fully saturated rings. The van der Waals surface area contributed by atoms with Gasteiger partial charge in [-0.05, 0) is 50.5 Å². The van der Waals surface area contributed by atoms with Crippen LogP contribution in [0.25, 0.3) is 0 Å². The molecule has 2 atom stereocenters. The summed E-state index contributed by atoms with van der Waals surface area (Å²) in [6.07, 6.45) is 4.16. The van der Waals surface area contributed by atoms with Crippen LogP contribution in [0.4, 0.5) is 0 Å². The van der Waals surface area contributed by atoms with Crippen molar-refractivity contribution in [1.82, 2.24) is 10.2 Å². The molecule has 1 aliphatic carbocycles. The Morgan fingerprint density at radius 3 is 2.71 bits per heavy atom. The molecule has 0 amide bonds. The first-order chi connectivity index (χ1) is 9.89. The third-order valence-electron chi connectivity index (χ3n) is 4.96. The first kappa shape index (κ1) is 16.8. The first-order valence-corrected chi connectivity index (χ1v) is 8.53. The summed E-state index contributed by atoms with van der Waals surface area (Å²) in [6, 6.07) is 0. The van der Waals surface area contributed by atoms with Crippen LogP contribution in [0.5, 0.6) is 0 Å². The quantitative estimate of drug-likeness (QED) is 0.812. The molecule has 2 aliphatic rings. The standard InChI is InChI=1S/C17H32N2O2/c1-5-21-15(20)17(19-9-6-7-18-8-10-19)12-14(2)11-16(3,4)13-17/h14,18H,5-13H2,1-4H3. The van der Waals surface area contributed by atoms with Gasteiger partial charge in [-0.25, -0.2) is 0 Å². The van der Waals surface area contributed by atoms with Crippen molar-refractivity contribution in [2.75, 3.05) is 32.8 Å². The zero-order valence-electron chi connectivity index (χ0n) is 14.2. The third-order valence-corrected chi connectivity index (χ3v) is 4.96. The molecular formula is C17H32N2O2. The molecule has 2 unspecified atom stereocenters. The van der Waals surface area contributed by atoms with E-state index < -0.39 is 5.54 Å². The maximum Gasteiger partial charge on any atom is 0.326 e. The van der Waals surface area contributed by atoms with Crippen LogP contribution in [0.1, 0.15) is 53.4 Å². The highest BCUT2D eigenvalue weighted by Gasteiger charge is 2.52. The highest BCUT2D eigenvalue weighted by molar-refractivity contribution is 5.81. The van der Waals surface area contributed by atoms with Crippen LogP contribution in [-0.4, -0.2) is 49.2 Å². The van der Waals surface area contributed by atoms with E-state index >= 15 is 0 Å². The largest absolute Gasteiger partial charge is 0.465 e. The summed E-state index contributed by atoms with van der Waals surface area (Å²) in [5.41, 5.74) is -0.215. The van der Waals surface area contributed by atoms with Gasteiger partial charge >= 0.3 is 5.97 Å². The van der Waals surface area contributed by atoms with Gasteiger partial charge in [0, 0.05) is 19.6 Å². The van der Waals surface area contributed by atoms with Gasteiger partial charge in [-0.2, -0.15) is 0 Å². The van der Waals surface area contributed by atoms with E-state index in [0.29, 0.717) is 12.5 Å². The number of nitrogens with one attached hydrogen (secondary N) is 1. The van der Waals surface area contributed by atoms with Crippen LogP contribution in [0, 0.1) is 11.3 Å². The topological polar surface area (TPSA) is 41.6 Å². The molecule has 0 aromatic heterocycles. The smallest absolute Gasteiger partial charge is 0.326 e. The summed E-state index contributed by atoms with van der Waals surface area (Å²) in [5.74, 6) is 0.570. The number of esters is 1. The van der Waals surface area contributed by atoms with Gasteiger partial charge < -0.3 is 10.1 Å². The third kappa shape index (κ3) is 3.78. The van der Waals surface area contributed by atoms with Gasteiger partial charge in [0.2, 0.25) is 0 Å². The number of carbonyl (C=O) groups excluding carboxylic acids is 1. The van der Waals surface area contributed by atoms with E-state index in [0.717, 1.165) is 45.4 Å². The maximum absolute atomic E-state index is 12.9. The van der Waals surface area contributed by atoms with Gasteiger partial charge in [0.15, 0.2) is 0 Å². The van der Waals surface area contributed by atoms with Crippen molar-refractivity contribution in [3.63, 3.8) is 0 Å². The average molecular weight is 296 g/mol. The van der Waals surface area contributed by atoms with Crippen molar-refractivity contribution >= 4 is 5.97 Å². The first-order valence-electron chi connectivity index (χ1n) is 8.53. The van der Waals surface area contributed by atoms with Crippen LogP contribution in [-0.2, 0) is 9.53 Å². The van der Waals surface area contributed by atoms with Crippen molar-refractivity contribution < 1.29 is 9.53 Å². The van der Waals surface area contributed by atoms with E-state index in [2.05, 4.69) is 31.0 Å². The van der Waals surface area contributed by atoms with Gasteiger partial charge in [-0.1, -0.05) is 20.8 Å². The Bertz CT molecular complexity index is 362. The minimum Gasteiger partial charge on any atom is -0.465 e. The van der Waals surface area contributed by atoms with Crippen LogP contribution >= 0.6 is 0 Å². The Hall–Kier alpha value is -0.610. The van der Waals surface area contributed by atoms with Crippen LogP contribution < -0.4 is 5.32 Å². The SMILES string of the molecule is CCOC(=O)C1(N2CCCNCC2)CC(C)CC(C)(C)C1. The lowest BCUT2D eigenvalue weighted by molar-refractivity contribution is -0.165. The second kappa shape index (κ2) is 6.66. The van der Waals surface area contributed by atoms with Crippen molar-refractivity contribution in [2.24, 2.45) is 11.3 Å². The Balaban J connectivity index is 2.30. The van der Waals surface area contributed by atoms with Crippen molar-refractivity contribution in [3.05, 3.63) is 0 Å². The molecule has 1 heterocycles. The van der Waals surface area contributed by atoms with Gasteiger partial charge in [0.1, 0.15) is 5.54 Å². The fourth-order valence-corrected chi connectivity index (χ4v) is 4.59. The second-order valence-corrected chi connectivity index (χ2v) is 7.70. The van der Waals surface area contributed by atoms with Crippen LogP contribution in [0.2, 0.25) is 0 Å². The molecule has 21 heavy (non-hydrogen) atoms. The Morgan fingerprint density at radius 2 is 2.05 bits per heavy atom. The number of rotatable bonds is 3. The highest BCUT2D eigenvalue weighted by atomic mass is 16.5. The van der Waals surface area contributed by atoms with Crippen molar-refractivity contribution in [3.8, 4) is 0 Å². The summed E-state index contributed by atoms with van der Waals surface area (Å²) in [5, 5.41) is 3.44. The minimum atomic E-state index is -0.413. The lowest BCUT2D eigenvalue weighted by Gasteiger charge is -2.51. The van der Waals surface area contributed by atoms with E-state index in [1.807, 2.05) is 6.92 Å². The summed E-state index contributed by atoms with van der Waals surface area (Å²) in [6.45, 7) is 13.2. The normalized spacial score (nSPS) is 34.2. The molecule has 4 heteroatoms. The van der Waals surface area contributed by atoms with Crippen LogP contribution in [0.15, 0.2) is 0 Å². The number of nitrogens with zero attached hydrogens (tertiary/aromatic N) is 1. The number of hydrogen-bond acceptors (Lipinski definition) is 4. The average Bonchev–Trinajstić information content (AvgIpc) is 2.65. The molecule has 2 rings (SSSR count). The molecule has 1 saturated carbocycles. The summed E-state index contributed by atoms with van der Waals surface area (Å²) >= 11 is 0. The summed E-state index contributed by atoms with van der Waals surface area (Å²) < 4.78 is 5.52. The molecule has 122 valence electrons. The summed E-state index contributed by atoms with van der Waals surface area (Å²) in [7, 11) is 0. The van der Waals surface area contributed by atoms with Gasteiger partial charge in [-0.3, -0.25) is 9.69 Å². The fraction of sp³-hybridized carbons (Fsp3) is 0.941. The lowest BCUT2D eigenvalue weighted by atomic mass is 9.63. The van der Waals surface area contributed by atoms with E-state index in [-0.39, 0.29) is 11.4 Å². The van der Waals surface area contributed by atoms with Crippen LogP contribution in [0.3, 0.4) is 0 Å². The maximum atomic E-state index is 12.9. The molecular weight excluding hydrogens is 264 g/mol. The zero-order chi connectivity index (χ0) is 15.5. The highest BCUT2D eigenvalue weighted by Crippen LogP contribution is 2.47. The Morgan fingerprint density at radius 1 is 1.29 bits per heavy atom. The zero-order valence-corrected chi connectivity index (χ0v) is 14.2. The number of carbonyl (C=O) groups is 1. The fourth-order valence-electron chi connectivity index (χ4n) is 4.59. The van der Waals surface area contributed by atoms with E-state index in [9.17, 15) is 4.79 Å². The monoisotopic (exact) mass is 296 g/mol. The van der Waals surface area contributed by atoms with E-state index in [4.69, 9.17) is 4.74 Å². The number of ether oxygens (including phenoxy) is 1. The van der Waals surface area contributed by atoms with E-state index in [1.54, 1.807) is 0 Å². The molecule has 0 bridgehead atoms. The molecule has 1 N–H and O–H groups in total. The van der Waals surface area contributed by atoms with Gasteiger partial charge in [-0.15, -0.1) is 0 Å². The lowest BCUT2D eigenvalue weighted by Crippen LogP contribution is -2.61. The Kier molecular flexibility index (Phi) is 5.31. The van der Waals surface area contributed by atoms with Crippen molar-refractivity contribution in [2.45, 2.75) is 58.9 Å². The molecule has 0 aromatic rings. The van der Waals surface area contributed by atoms with E-state index in [1.165, 1.54) is 6.42 Å². The van der Waals surface area contributed by atoms with Gasteiger partial charge in [0.25, 0.3) is 0 Å². The van der Waals surface area contributed by atoms with Crippen molar-refractivity contribution in [1.29, 1.82) is 0 Å².